The molecular weight excluding hydrogens is 301 g/mol. The number of aliphatic hydroxyl groups is 1. The van der Waals surface area contributed by atoms with Crippen molar-refractivity contribution in [1.29, 1.82) is 0 Å². The zero-order chi connectivity index (χ0) is 15.3. The van der Waals surface area contributed by atoms with Gasteiger partial charge < -0.3 is 5.11 Å². The highest BCUT2D eigenvalue weighted by molar-refractivity contribution is 6.30. The van der Waals surface area contributed by atoms with E-state index in [0.717, 1.165) is 11.0 Å². The lowest BCUT2D eigenvalue weighted by Crippen LogP contribution is -2.35. The molecule has 5 nitrogen and oxygen atoms in total. The molecule has 112 valence electrons. The number of rotatable bonds is 6. The monoisotopic (exact) mass is 312 g/mol. The van der Waals surface area contributed by atoms with Gasteiger partial charge in [0.05, 0.1) is 18.1 Å². The van der Waals surface area contributed by atoms with Crippen molar-refractivity contribution in [3.05, 3.63) is 38.9 Å². The van der Waals surface area contributed by atoms with Crippen molar-refractivity contribution >= 4 is 17.3 Å². The Morgan fingerprint density at radius 3 is 2.55 bits per heavy atom. The van der Waals surface area contributed by atoms with Gasteiger partial charge >= 0.3 is 6.18 Å². The zero-order valence-corrected chi connectivity index (χ0v) is 11.0. The molecule has 20 heavy (non-hydrogen) atoms. The lowest BCUT2D eigenvalue weighted by Gasteiger charge is -2.22. The Labute approximate surface area is 117 Å². The van der Waals surface area contributed by atoms with E-state index in [2.05, 4.69) is 0 Å². The van der Waals surface area contributed by atoms with E-state index in [1.54, 1.807) is 0 Å². The van der Waals surface area contributed by atoms with Crippen LogP contribution in [0.4, 0.5) is 18.9 Å². The molecule has 0 radical (unpaired) electrons. The zero-order valence-electron chi connectivity index (χ0n) is 10.2. The van der Waals surface area contributed by atoms with Crippen LogP contribution in [0.25, 0.3) is 0 Å². The van der Waals surface area contributed by atoms with Gasteiger partial charge in [-0.3, -0.25) is 15.0 Å². The first-order valence-electron chi connectivity index (χ1n) is 5.55. The first-order chi connectivity index (χ1) is 9.23. The number of aliphatic hydroxyl groups excluding tert-OH is 1. The van der Waals surface area contributed by atoms with Crippen LogP contribution < -0.4 is 0 Å². The predicted octanol–water partition coefficient (Wildman–Crippen LogP) is 2.60. The fraction of sp³-hybridized carbons (Fsp3) is 0.455. The van der Waals surface area contributed by atoms with E-state index in [0.29, 0.717) is 0 Å². The van der Waals surface area contributed by atoms with Crippen molar-refractivity contribution in [2.24, 2.45) is 0 Å². The molecule has 0 fully saturated rings. The Morgan fingerprint density at radius 1 is 1.40 bits per heavy atom. The molecule has 1 rings (SSSR count). The van der Waals surface area contributed by atoms with Gasteiger partial charge in [0.1, 0.15) is 0 Å². The fourth-order valence-electron chi connectivity index (χ4n) is 1.71. The number of nitrogens with zero attached hydrogens (tertiary/aromatic N) is 2. The molecule has 0 bridgehead atoms. The Bertz CT molecular complexity index is 482. The lowest BCUT2D eigenvalue weighted by molar-refractivity contribution is -0.385. The van der Waals surface area contributed by atoms with E-state index in [-0.39, 0.29) is 29.4 Å². The van der Waals surface area contributed by atoms with Crippen LogP contribution in [0.2, 0.25) is 5.02 Å². The second-order valence-corrected chi connectivity index (χ2v) is 4.52. The Balaban J connectivity index is 2.98. The van der Waals surface area contributed by atoms with Crippen molar-refractivity contribution in [3.63, 3.8) is 0 Å². The van der Waals surface area contributed by atoms with Crippen molar-refractivity contribution in [3.8, 4) is 0 Å². The molecule has 0 heterocycles. The molecule has 0 aromatic heterocycles. The number of nitro groups is 1. The number of benzene rings is 1. The maximum Gasteiger partial charge on any atom is 0.401 e. The summed E-state index contributed by atoms with van der Waals surface area (Å²) in [6, 6.07) is 3.69. The summed E-state index contributed by atoms with van der Waals surface area (Å²) < 4.78 is 37.2. The molecule has 0 unspecified atom stereocenters. The summed E-state index contributed by atoms with van der Waals surface area (Å²) >= 11 is 5.70. The standard InChI is InChI=1S/C11H12ClF3N2O3/c12-9-1-2-10(17(19)20)8(5-9)6-16(3-4-18)7-11(13,14)15/h1-2,5,18H,3-4,6-7H2. The van der Waals surface area contributed by atoms with Crippen LogP contribution in [-0.2, 0) is 6.54 Å². The SMILES string of the molecule is O=[N+]([O-])c1ccc(Cl)cc1CN(CCO)CC(F)(F)F. The first kappa shape index (κ1) is 16.7. The number of halogens is 4. The molecule has 0 saturated heterocycles. The van der Waals surface area contributed by atoms with Crippen LogP contribution in [0.15, 0.2) is 18.2 Å². The average molecular weight is 313 g/mol. The molecule has 1 aromatic carbocycles. The normalized spacial score (nSPS) is 11.9. The molecule has 0 saturated carbocycles. The second kappa shape index (κ2) is 6.87. The molecule has 1 N–H and O–H groups in total. The second-order valence-electron chi connectivity index (χ2n) is 4.08. The maximum atomic E-state index is 12.4. The minimum atomic E-state index is -4.46. The topological polar surface area (TPSA) is 66.6 Å². The summed E-state index contributed by atoms with van der Waals surface area (Å²) in [6.45, 7) is -2.32. The molecule has 0 amide bonds. The average Bonchev–Trinajstić information content (AvgIpc) is 2.26. The molecule has 0 atom stereocenters. The molecule has 0 aliphatic heterocycles. The summed E-state index contributed by atoms with van der Waals surface area (Å²) in [7, 11) is 0. The van der Waals surface area contributed by atoms with Crippen LogP contribution in [-0.4, -0.2) is 40.8 Å². The van der Waals surface area contributed by atoms with E-state index in [9.17, 15) is 23.3 Å². The number of hydrogen-bond donors (Lipinski definition) is 1. The number of nitro benzene ring substituents is 1. The minimum Gasteiger partial charge on any atom is -0.395 e. The van der Waals surface area contributed by atoms with Gasteiger partial charge in [-0.1, -0.05) is 11.6 Å². The molecular formula is C11H12ClF3N2O3. The quantitative estimate of drug-likeness (QED) is 0.647. The van der Waals surface area contributed by atoms with E-state index >= 15 is 0 Å². The molecule has 0 aliphatic carbocycles. The molecule has 9 heteroatoms. The van der Waals surface area contributed by atoms with Crippen molar-refractivity contribution < 1.29 is 23.2 Å². The summed E-state index contributed by atoms with van der Waals surface area (Å²) in [5, 5.41) is 19.8. The van der Waals surface area contributed by atoms with Gasteiger partial charge in [0, 0.05) is 29.7 Å². The van der Waals surface area contributed by atoms with Gasteiger partial charge in [0.2, 0.25) is 0 Å². The Hall–Kier alpha value is -1.38. The summed E-state index contributed by atoms with van der Waals surface area (Å²) in [5.41, 5.74) is -0.236. The third-order valence-electron chi connectivity index (χ3n) is 2.45. The predicted molar refractivity (Wildman–Crippen MR) is 66.5 cm³/mol. The third-order valence-corrected chi connectivity index (χ3v) is 2.69. The van der Waals surface area contributed by atoms with Gasteiger partial charge in [-0.2, -0.15) is 13.2 Å². The van der Waals surface area contributed by atoms with Crippen LogP contribution in [0, 0.1) is 10.1 Å². The van der Waals surface area contributed by atoms with Crippen LogP contribution in [0.5, 0.6) is 0 Å². The van der Waals surface area contributed by atoms with E-state index < -0.39 is 24.3 Å². The highest BCUT2D eigenvalue weighted by Crippen LogP contribution is 2.25. The van der Waals surface area contributed by atoms with Crippen LogP contribution in [0.1, 0.15) is 5.56 Å². The van der Waals surface area contributed by atoms with Crippen LogP contribution >= 0.6 is 11.6 Å². The fourth-order valence-corrected chi connectivity index (χ4v) is 1.90. The van der Waals surface area contributed by atoms with Gasteiger partial charge in [0.15, 0.2) is 0 Å². The summed E-state index contributed by atoms with van der Waals surface area (Å²) in [5.74, 6) is 0. The maximum absolute atomic E-state index is 12.4. The third kappa shape index (κ3) is 5.32. The first-order valence-corrected chi connectivity index (χ1v) is 5.93. The van der Waals surface area contributed by atoms with Gasteiger partial charge in [-0.15, -0.1) is 0 Å². The smallest absolute Gasteiger partial charge is 0.395 e. The minimum absolute atomic E-state index is 0.0696. The molecule has 0 spiro atoms. The van der Waals surface area contributed by atoms with Crippen molar-refractivity contribution in [2.45, 2.75) is 12.7 Å². The Morgan fingerprint density at radius 2 is 2.05 bits per heavy atom. The van der Waals surface area contributed by atoms with Crippen LogP contribution in [0.3, 0.4) is 0 Å². The Kier molecular flexibility index (Phi) is 5.73. The summed E-state index contributed by atoms with van der Waals surface area (Å²) in [4.78, 5) is 11.0. The van der Waals surface area contributed by atoms with Gasteiger partial charge in [-0.05, 0) is 12.1 Å². The largest absolute Gasteiger partial charge is 0.401 e. The van der Waals surface area contributed by atoms with E-state index in [4.69, 9.17) is 16.7 Å². The molecule has 1 aromatic rings. The number of alkyl halides is 3. The summed E-state index contributed by atoms with van der Waals surface area (Å²) in [6.07, 6.45) is -4.46. The van der Waals surface area contributed by atoms with Gasteiger partial charge in [0.25, 0.3) is 5.69 Å². The van der Waals surface area contributed by atoms with Crippen molar-refractivity contribution in [1.82, 2.24) is 4.90 Å². The highest BCUT2D eigenvalue weighted by atomic mass is 35.5. The van der Waals surface area contributed by atoms with E-state index in [1.807, 2.05) is 0 Å². The van der Waals surface area contributed by atoms with Gasteiger partial charge in [-0.25, -0.2) is 0 Å². The number of hydrogen-bond acceptors (Lipinski definition) is 4. The highest BCUT2D eigenvalue weighted by Gasteiger charge is 2.31. The molecule has 0 aliphatic rings. The van der Waals surface area contributed by atoms with Crippen molar-refractivity contribution in [2.75, 3.05) is 19.7 Å². The lowest BCUT2D eigenvalue weighted by atomic mass is 10.1. The van der Waals surface area contributed by atoms with E-state index in [1.165, 1.54) is 12.1 Å².